The molecule has 1 heterocycles. The number of aliphatic carboxylic acids is 1. The SMILES string of the molecule is CC1C(C)(OC(=O)C(=O)O)[P+]1(F)F. The zero-order chi connectivity index (χ0) is 10.4. The van der Waals surface area contributed by atoms with E-state index in [0.717, 1.165) is 6.92 Å². The highest BCUT2D eigenvalue weighted by Gasteiger charge is 2.93. The van der Waals surface area contributed by atoms with Gasteiger partial charge in [-0.25, -0.2) is 9.59 Å². The van der Waals surface area contributed by atoms with Crippen molar-refractivity contribution in [3.63, 3.8) is 0 Å². The number of carboxylic acid groups (broad SMARTS) is 1. The zero-order valence-corrected chi connectivity index (χ0v) is 7.85. The number of hydrogen-bond donors (Lipinski definition) is 1. The Labute approximate surface area is 73.4 Å². The molecule has 1 saturated heterocycles. The lowest BCUT2D eigenvalue weighted by Crippen LogP contribution is -2.25. The zero-order valence-electron chi connectivity index (χ0n) is 6.95. The first kappa shape index (κ1) is 10.3. The van der Waals surface area contributed by atoms with Crippen molar-refractivity contribution < 1.29 is 27.8 Å². The number of hydrogen-bond acceptors (Lipinski definition) is 3. The van der Waals surface area contributed by atoms with E-state index in [0.29, 0.717) is 0 Å². The molecular weight excluding hydrogens is 205 g/mol. The topological polar surface area (TPSA) is 63.6 Å². The second-order valence-electron chi connectivity index (χ2n) is 2.98. The van der Waals surface area contributed by atoms with Crippen LogP contribution < -0.4 is 0 Å². The van der Waals surface area contributed by atoms with Gasteiger partial charge in [0.1, 0.15) is 0 Å². The summed E-state index contributed by atoms with van der Waals surface area (Å²) >= 11 is 0. The van der Waals surface area contributed by atoms with Crippen LogP contribution in [0.1, 0.15) is 13.8 Å². The highest BCUT2D eigenvalue weighted by Crippen LogP contribution is 2.93. The van der Waals surface area contributed by atoms with Gasteiger partial charge in [0, 0.05) is 6.92 Å². The molecule has 1 fully saturated rings. The average molecular weight is 213 g/mol. The van der Waals surface area contributed by atoms with Crippen LogP contribution in [0, 0.1) is 0 Å². The summed E-state index contributed by atoms with van der Waals surface area (Å²) in [5, 5.41) is 6.28. The molecule has 13 heavy (non-hydrogen) atoms. The Balaban J connectivity index is 2.68. The maximum absolute atomic E-state index is 12.8. The minimum atomic E-state index is -4.25. The molecule has 1 N–H and O–H groups in total. The third-order valence-electron chi connectivity index (χ3n) is 2.26. The summed E-state index contributed by atoms with van der Waals surface area (Å²) in [5.41, 5.74) is -1.02. The van der Waals surface area contributed by atoms with E-state index in [1.165, 1.54) is 6.92 Å². The van der Waals surface area contributed by atoms with Crippen LogP contribution in [0.2, 0.25) is 0 Å². The van der Waals surface area contributed by atoms with E-state index in [9.17, 15) is 18.0 Å². The Morgan fingerprint density at radius 2 is 1.92 bits per heavy atom. The normalized spacial score (nSPS) is 35.2. The summed E-state index contributed by atoms with van der Waals surface area (Å²) in [6.45, 7) is 2.30. The predicted molar refractivity (Wildman–Crippen MR) is 40.7 cm³/mol. The predicted octanol–water partition coefficient (Wildman–Crippen LogP) is 1.52. The number of carbonyl (C=O) groups is 2. The minimum Gasteiger partial charge on any atom is -0.473 e. The summed E-state index contributed by atoms with van der Waals surface area (Å²) in [7, 11) is -4.25. The average Bonchev–Trinajstić information content (AvgIpc) is 2.35. The van der Waals surface area contributed by atoms with Gasteiger partial charge >= 0.3 is 25.2 Å². The molecule has 1 rings (SSSR count). The van der Waals surface area contributed by atoms with Crippen molar-refractivity contribution in [2.75, 3.05) is 0 Å². The van der Waals surface area contributed by atoms with Gasteiger partial charge < -0.3 is 9.84 Å². The quantitative estimate of drug-likeness (QED) is 0.407. The molecule has 0 spiro atoms. The number of carbonyl (C=O) groups excluding carboxylic acids is 1. The first-order valence-corrected chi connectivity index (χ1v) is 5.12. The smallest absolute Gasteiger partial charge is 0.445 e. The number of carboxylic acids is 1. The Hall–Kier alpha value is -0.770. The molecular formula is C6H8F2O4P+. The number of esters is 1. The lowest BCUT2D eigenvalue weighted by Gasteiger charge is -2.01. The van der Waals surface area contributed by atoms with Gasteiger partial charge in [-0.15, -0.1) is 0 Å². The van der Waals surface area contributed by atoms with Crippen molar-refractivity contribution >= 4 is 19.8 Å². The molecule has 7 heteroatoms. The fourth-order valence-electron chi connectivity index (χ4n) is 1.00. The van der Waals surface area contributed by atoms with Crippen molar-refractivity contribution in [1.29, 1.82) is 0 Å². The molecule has 0 aromatic carbocycles. The largest absolute Gasteiger partial charge is 0.473 e. The molecule has 74 valence electrons. The summed E-state index contributed by atoms with van der Waals surface area (Å²) in [4.78, 5) is 20.5. The lowest BCUT2D eigenvalue weighted by molar-refractivity contribution is -0.167. The van der Waals surface area contributed by atoms with Crippen LogP contribution in [0.5, 0.6) is 0 Å². The van der Waals surface area contributed by atoms with Crippen molar-refractivity contribution in [2.24, 2.45) is 0 Å². The Morgan fingerprint density at radius 1 is 1.54 bits per heavy atom. The van der Waals surface area contributed by atoms with E-state index >= 15 is 0 Å². The van der Waals surface area contributed by atoms with Gasteiger partial charge in [-0.2, -0.15) is 0 Å². The van der Waals surface area contributed by atoms with E-state index < -0.39 is 30.8 Å². The van der Waals surface area contributed by atoms with Gasteiger partial charge in [-0.1, -0.05) is 0 Å². The number of ether oxygens (including phenoxy) is 1. The Bertz CT molecular complexity index is 280. The third kappa shape index (κ3) is 1.29. The van der Waals surface area contributed by atoms with Gasteiger partial charge in [0.05, 0.1) is 0 Å². The molecule has 0 aromatic rings. The standard InChI is InChI=1S/C6H7F2O4P/c1-3-6(2,13(3,7)8)12-5(11)4(9)10/h3H,1-2H3/p+1. The first-order chi connectivity index (χ1) is 5.73. The van der Waals surface area contributed by atoms with Crippen LogP contribution in [0.15, 0.2) is 0 Å². The highest BCUT2D eigenvalue weighted by molar-refractivity contribution is 7.75. The summed E-state index contributed by atoms with van der Waals surface area (Å²) in [6, 6.07) is 0. The molecule has 1 aliphatic heterocycles. The number of rotatable bonds is 1. The molecule has 0 aliphatic carbocycles. The lowest BCUT2D eigenvalue weighted by atomic mass is 10.3. The Kier molecular flexibility index (Phi) is 2.07. The highest BCUT2D eigenvalue weighted by atomic mass is 31.2. The summed E-state index contributed by atoms with van der Waals surface area (Å²) in [6.07, 6.45) is 0. The molecule has 0 aromatic heterocycles. The van der Waals surface area contributed by atoms with Gasteiger partial charge in [0.25, 0.3) is 0 Å². The molecule has 0 radical (unpaired) electrons. The second-order valence-corrected chi connectivity index (χ2v) is 5.76. The van der Waals surface area contributed by atoms with E-state index in [4.69, 9.17) is 5.11 Å². The van der Waals surface area contributed by atoms with Crippen LogP contribution in [-0.4, -0.2) is 28.0 Å². The molecule has 2 atom stereocenters. The Morgan fingerprint density at radius 3 is 2.15 bits per heavy atom. The summed E-state index contributed by atoms with van der Waals surface area (Å²) in [5.74, 6) is -3.47. The molecule has 0 amide bonds. The van der Waals surface area contributed by atoms with Crippen molar-refractivity contribution in [3.05, 3.63) is 0 Å². The molecule has 0 bridgehead atoms. The maximum atomic E-state index is 12.8. The van der Waals surface area contributed by atoms with E-state index in [1.807, 2.05) is 0 Å². The number of halogens is 2. The van der Waals surface area contributed by atoms with Crippen molar-refractivity contribution in [1.82, 2.24) is 0 Å². The monoisotopic (exact) mass is 213 g/mol. The molecule has 1 aliphatic rings. The van der Waals surface area contributed by atoms with Crippen LogP contribution in [0.25, 0.3) is 0 Å². The van der Waals surface area contributed by atoms with Crippen molar-refractivity contribution in [2.45, 2.75) is 24.8 Å². The first-order valence-electron chi connectivity index (χ1n) is 3.48. The fraction of sp³-hybridized carbons (Fsp3) is 0.667. The fourth-order valence-corrected chi connectivity index (χ4v) is 2.77. The van der Waals surface area contributed by atoms with Gasteiger partial charge in [-0.05, 0) is 15.3 Å². The molecule has 2 unspecified atom stereocenters. The molecule has 0 saturated carbocycles. The minimum absolute atomic E-state index is 1.02. The van der Waals surface area contributed by atoms with Crippen LogP contribution >= 0.6 is 7.88 Å². The van der Waals surface area contributed by atoms with Gasteiger partial charge in [0.2, 0.25) is 5.66 Å². The van der Waals surface area contributed by atoms with Crippen LogP contribution in [-0.2, 0) is 14.3 Å². The maximum Gasteiger partial charge on any atom is 0.445 e. The van der Waals surface area contributed by atoms with E-state index in [2.05, 4.69) is 4.74 Å². The molecule has 4 nitrogen and oxygen atoms in total. The second kappa shape index (κ2) is 2.61. The van der Waals surface area contributed by atoms with Crippen molar-refractivity contribution in [3.8, 4) is 0 Å². The van der Waals surface area contributed by atoms with Gasteiger partial charge in [-0.3, -0.25) is 0 Å². The van der Waals surface area contributed by atoms with Crippen LogP contribution in [0.3, 0.4) is 0 Å². The van der Waals surface area contributed by atoms with E-state index in [1.54, 1.807) is 0 Å². The van der Waals surface area contributed by atoms with Crippen LogP contribution in [0.4, 0.5) is 8.39 Å². The van der Waals surface area contributed by atoms with Gasteiger partial charge in [0.15, 0.2) is 0 Å². The summed E-state index contributed by atoms with van der Waals surface area (Å²) < 4.78 is 29.9. The van der Waals surface area contributed by atoms with E-state index in [-0.39, 0.29) is 0 Å². The third-order valence-corrected chi connectivity index (χ3v) is 5.11.